The maximum atomic E-state index is 12.5. The van der Waals surface area contributed by atoms with Gasteiger partial charge in [-0.3, -0.25) is 9.59 Å². The molecular weight excluding hydrogens is 394 g/mol. The highest BCUT2D eigenvalue weighted by Gasteiger charge is 2.28. The number of amides is 2. The lowest BCUT2D eigenvalue weighted by Crippen LogP contribution is -2.41. The molecule has 4 rings (SSSR count). The second-order valence-electron chi connectivity index (χ2n) is 7.28. The lowest BCUT2D eigenvalue weighted by Gasteiger charge is -2.30. The summed E-state index contributed by atoms with van der Waals surface area (Å²) in [5, 5.41) is 7.64. The first kappa shape index (κ1) is 20.2. The lowest BCUT2D eigenvalue weighted by atomic mass is 10.1. The Morgan fingerprint density at radius 3 is 2.63 bits per heavy atom. The van der Waals surface area contributed by atoms with Crippen molar-refractivity contribution in [1.82, 2.24) is 5.32 Å². The van der Waals surface area contributed by atoms with Gasteiger partial charge in [0.1, 0.15) is 0 Å². The van der Waals surface area contributed by atoms with Crippen molar-refractivity contribution < 1.29 is 9.59 Å². The van der Waals surface area contributed by atoms with Crippen molar-refractivity contribution in [3.05, 3.63) is 82.0 Å². The van der Waals surface area contributed by atoms with Gasteiger partial charge >= 0.3 is 11.8 Å². The van der Waals surface area contributed by atoms with Crippen molar-refractivity contribution >= 4 is 34.5 Å². The quantitative estimate of drug-likeness (QED) is 0.590. The molecule has 2 aromatic carbocycles. The molecule has 2 amide bonds. The number of carbonyl (C=O) groups excluding carboxylic acids is 2. The fourth-order valence-corrected chi connectivity index (χ4v) is 4.77. The van der Waals surface area contributed by atoms with Gasteiger partial charge in [-0.2, -0.15) is 0 Å². The summed E-state index contributed by atoms with van der Waals surface area (Å²) in [5.41, 5.74) is 4.21. The number of aryl methyl sites for hydroxylation is 1. The summed E-state index contributed by atoms with van der Waals surface area (Å²) >= 11 is 1.67. The topological polar surface area (TPSA) is 61.4 Å². The molecule has 30 heavy (non-hydrogen) atoms. The number of nitrogens with zero attached hydrogens (tertiary/aromatic N) is 1. The molecule has 1 aliphatic rings. The normalized spacial score (nSPS) is 13.6. The Kier molecular flexibility index (Phi) is 6.14. The molecule has 1 atom stereocenters. The summed E-state index contributed by atoms with van der Waals surface area (Å²) in [6.07, 6.45) is 1.77. The summed E-state index contributed by atoms with van der Waals surface area (Å²) in [6.45, 7) is 3.29. The van der Waals surface area contributed by atoms with E-state index in [0.717, 1.165) is 24.9 Å². The third-order valence-electron chi connectivity index (χ3n) is 5.48. The van der Waals surface area contributed by atoms with Gasteiger partial charge in [-0.1, -0.05) is 49.4 Å². The maximum absolute atomic E-state index is 12.5. The number of hydrogen-bond acceptors (Lipinski definition) is 4. The fraction of sp³-hybridized carbons (Fsp3) is 0.250. The Morgan fingerprint density at radius 1 is 1.03 bits per heavy atom. The summed E-state index contributed by atoms with van der Waals surface area (Å²) < 4.78 is 0. The van der Waals surface area contributed by atoms with Crippen LogP contribution in [0.4, 0.5) is 11.4 Å². The molecule has 154 valence electrons. The molecular formula is C24H25N3O2S. The standard InChI is InChI=1S/C24H25N3O2S/c1-2-17-8-3-5-10-19(17)26-24(29)23(28)25-16-21(22-12-7-15-30-22)27-14-13-18-9-4-6-11-20(18)27/h3-12,15,21H,2,13-14,16H2,1H3,(H,25,28)(H,26,29)/t21-/m1/s1. The van der Waals surface area contributed by atoms with E-state index >= 15 is 0 Å². The van der Waals surface area contributed by atoms with Gasteiger partial charge in [0.2, 0.25) is 0 Å². The highest BCUT2D eigenvalue weighted by molar-refractivity contribution is 7.10. The van der Waals surface area contributed by atoms with Crippen LogP contribution in [-0.4, -0.2) is 24.9 Å². The van der Waals surface area contributed by atoms with Crippen LogP contribution in [0, 0.1) is 0 Å². The van der Waals surface area contributed by atoms with E-state index in [2.05, 4.69) is 39.8 Å². The highest BCUT2D eigenvalue weighted by Crippen LogP contribution is 2.36. The van der Waals surface area contributed by atoms with E-state index in [1.165, 1.54) is 16.1 Å². The van der Waals surface area contributed by atoms with Crippen LogP contribution < -0.4 is 15.5 Å². The minimum Gasteiger partial charge on any atom is -0.361 e. The molecule has 0 radical (unpaired) electrons. The molecule has 6 heteroatoms. The molecule has 0 aliphatic carbocycles. The van der Waals surface area contributed by atoms with Gasteiger partial charge < -0.3 is 15.5 Å². The first-order valence-corrected chi connectivity index (χ1v) is 11.1. The number of nitrogens with one attached hydrogen (secondary N) is 2. The summed E-state index contributed by atoms with van der Waals surface area (Å²) in [4.78, 5) is 28.5. The zero-order valence-corrected chi connectivity index (χ0v) is 17.7. The van der Waals surface area contributed by atoms with Gasteiger partial charge in [0.15, 0.2) is 0 Å². The second kappa shape index (κ2) is 9.13. The fourth-order valence-electron chi connectivity index (χ4n) is 3.93. The number of fused-ring (bicyclic) bond motifs is 1. The van der Waals surface area contributed by atoms with Crippen LogP contribution in [-0.2, 0) is 22.4 Å². The number of anilines is 2. The number of para-hydroxylation sites is 2. The van der Waals surface area contributed by atoms with Crippen LogP contribution >= 0.6 is 11.3 Å². The molecule has 0 spiro atoms. The van der Waals surface area contributed by atoms with Crippen LogP contribution in [0.1, 0.15) is 29.0 Å². The van der Waals surface area contributed by atoms with Crippen LogP contribution in [0.15, 0.2) is 66.0 Å². The molecule has 0 saturated heterocycles. The van der Waals surface area contributed by atoms with E-state index < -0.39 is 11.8 Å². The Labute approximate surface area is 180 Å². The third kappa shape index (κ3) is 4.24. The maximum Gasteiger partial charge on any atom is 0.313 e. The Balaban J connectivity index is 1.45. The summed E-state index contributed by atoms with van der Waals surface area (Å²) in [7, 11) is 0. The van der Waals surface area contributed by atoms with Gasteiger partial charge in [0, 0.05) is 29.3 Å². The SMILES string of the molecule is CCc1ccccc1NC(=O)C(=O)NC[C@H](c1cccs1)N1CCc2ccccc21. The number of thiophene rings is 1. The highest BCUT2D eigenvalue weighted by atomic mass is 32.1. The van der Waals surface area contributed by atoms with Gasteiger partial charge in [-0.05, 0) is 47.5 Å². The summed E-state index contributed by atoms with van der Waals surface area (Å²) in [5.74, 6) is -1.25. The van der Waals surface area contributed by atoms with Crippen molar-refractivity contribution in [2.75, 3.05) is 23.3 Å². The van der Waals surface area contributed by atoms with Gasteiger partial charge in [-0.15, -0.1) is 11.3 Å². The summed E-state index contributed by atoms with van der Waals surface area (Å²) in [6, 6.07) is 20.0. The van der Waals surface area contributed by atoms with E-state index in [1.807, 2.05) is 48.7 Å². The average Bonchev–Trinajstić information content (AvgIpc) is 3.45. The Morgan fingerprint density at radius 2 is 1.83 bits per heavy atom. The minimum absolute atomic E-state index is 0.00618. The molecule has 0 unspecified atom stereocenters. The molecule has 1 aromatic heterocycles. The second-order valence-corrected chi connectivity index (χ2v) is 8.26. The van der Waals surface area contributed by atoms with E-state index in [-0.39, 0.29) is 6.04 Å². The first-order chi connectivity index (χ1) is 14.7. The molecule has 0 saturated carbocycles. The van der Waals surface area contributed by atoms with Crippen LogP contribution in [0.2, 0.25) is 0 Å². The smallest absolute Gasteiger partial charge is 0.313 e. The molecule has 0 fully saturated rings. The predicted octanol–water partition coefficient (Wildman–Crippen LogP) is 4.17. The van der Waals surface area contributed by atoms with E-state index in [4.69, 9.17) is 0 Å². The third-order valence-corrected chi connectivity index (χ3v) is 6.45. The van der Waals surface area contributed by atoms with Gasteiger partial charge in [-0.25, -0.2) is 0 Å². The molecule has 3 aromatic rings. The zero-order valence-electron chi connectivity index (χ0n) is 16.9. The average molecular weight is 420 g/mol. The van der Waals surface area contributed by atoms with Crippen LogP contribution in [0.25, 0.3) is 0 Å². The van der Waals surface area contributed by atoms with E-state index in [9.17, 15) is 9.59 Å². The van der Waals surface area contributed by atoms with Crippen LogP contribution in [0.3, 0.4) is 0 Å². The Hall–Kier alpha value is -3.12. The number of benzene rings is 2. The van der Waals surface area contributed by atoms with Crippen molar-refractivity contribution in [2.45, 2.75) is 25.8 Å². The van der Waals surface area contributed by atoms with Gasteiger partial charge in [0.25, 0.3) is 0 Å². The predicted molar refractivity (Wildman–Crippen MR) is 122 cm³/mol. The molecule has 0 bridgehead atoms. The van der Waals surface area contributed by atoms with Gasteiger partial charge in [0.05, 0.1) is 6.04 Å². The minimum atomic E-state index is -0.636. The molecule has 2 N–H and O–H groups in total. The lowest BCUT2D eigenvalue weighted by molar-refractivity contribution is -0.136. The van der Waals surface area contributed by atoms with Crippen molar-refractivity contribution in [1.29, 1.82) is 0 Å². The molecule has 1 aliphatic heterocycles. The van der Waals surface area contributed by atoms with E-state index in [0.29, 0.717) is 12.2 Å². The monoisotopic (exact) mass is 419 g/mol. The van der Waals surface area contributed by atoms with Crippen molar-refractivity contribution in [2.24, 2.45) is 0 Å². The molecule has 5 nitrogen and oxygen atoms in total. The number of rotatable bonds is 6. The molecule has 2 heterocycles. The number of hydrogen-bond donors (Lipinski definition) is 2. The van der Waals surface area contributed by atoms with Crippen LogP contribution in [0.5, 0.6) is 0 Å². The number of carbonyl (C=O) groups is 2. The zero-order chi connectivity index (χ0) is 20.9. The van der Waals surface area contributed by atoms with E-state index in [1.54, 1.807) is 11.3 Å². The largest absolute Gasteiger partial charge is 0.361 e. The first-order valence-electron chi connectivity index (χ1n) is 10.2. The Bertz CT molecular complexity index is 1030. The van der Waals surface area contributed by atoms with Crippen molar-refractivity contribution in [3.63, 3.8) is 0 Å². The van der Waals surface area contributed by atoms with Crippen molar-refractivity contribution in [3.8, 4) is 0 Å².